The monoisotopic (exact) mass is 247 g/mol. The summed E-state index contributed by atoms with van der Waals surface area (Å²) in [6, 6.07) is 2.15. The van der Waals surface area contributed by atoms with E-state index in [2.05, 4.69) is 9.72 Å². The fourth-order valence-corrected chi connectivity index (χ4v) is 0.940. The first-order valence-electron chi connectivity index (χ1n) is 3.94. The third-order valence-corrected chi connectivity index (χ3v) is 1.58. The van der Waals surface area contributed by atoms with Gasteiger partial charge in [-0.25, -0.2) is 4.79 Å². The summed E-state index contributed by atoms with van der Waals surface area (Å²) in [4.78, 5) is 13.7. The first-order valence-corrected chi connectivity index (χ1v) is 3.94. The van der Waals surface area contributed by atoms with E-state index in [1.165, 1.54) is 6.07 Å². The summed E-state index contributed by atoms with van der Waals surface area (Å²) in [6.45, 7) is 0. The van der Waals surface area contributed by atoms with Crippen molar-refractivity contribution >= 4 is 11.8 Å². The highest BCUT2D eigenvalue weighted by molar-refractivity contribution is 5.91. The average Bonchev–Trinajstić information content (AvgIpc) is 2.14. The molecule has 0 saturated carbocycles. The number of carboxylic acid groups (broad SMARTS) is 1. The molecule has 0 aliphatic heterocycles. The summed E-state index contributed by atoms with van der Waals surface area (Å²) in [5, 5.41) is 17.2. The van der Waals surface area contributed by atoms with Crippen molar-refractivity contribution in [3.63, 3.8) is 0 Å². The Hall–Kier alpha value is -2.50. The Bertz CT molecular complexity index is 507. The number of halogens is 3. The van der Waals surface area contributed by atoms with Gasteiger partial charge in [-0.05, 0) is 6.07 Å². The molecule has 17 heavy (non-hydrogen) atoms. The van der Waals surface area contributed by atoms with Crippen LogP contribution in [0.3, 0.4) is 0 Å². The van der Waals surface area contributed by atoms with Gasteiger partial charge in [-0.1, -0.05) is 0 Å². The van der Waals surface area contributed by atoms with Crippen molar-refractivity contribution in [2.24, 2.45) is 0 Å². The number of ether oxygens (including phenoxy) is 1. The van der Waals surface area contributed by atoms with Gasteiger partial charge in [0.25, 0.3) is 0 Å². The van der Waals surface area contributed by atoms with E-state index in [0.717, 1.165) is 0 Å². The SMILES string of the molecule is N#Cc1cc(C(=O)O)c(OC(F)(F)F)nc1N. The molecule has 1 aromatic rings. The number of carbonyl (C=O) groups is 1. The van der Waals surface area contributed by atoms with E-state index in [-0.39, 0.29) is 5.56 Å². The molecule has 0 amide bonds. The van der Waals surface area contributed by atoms with Gasteiger partial charge in [-0.3, -0.25) is 0 Å². The highest BCUT2D eigenvalue weighted by Crippen LogP contribution is 2.27. The van der Waals surface area contributed by atoms with Crippen molar-refractivity contribution in [3.05, 3.63) is 17.2 Å². The third-order valence-electron chi connectivity index (χ3n) is 1.58. The van der Waals surface area contributed by atoms with Crippen molar-refractivity contribution in [2.75, 3.05) is 5.73 Å². The van der Waals surface area contributed by atoms with Gasteiger partial charge < -0.3 is 15.6 Å². The van der Waals surface area contributed by atoms with E-state index in [1.807, 2.05) is 0 Å². The van der Waals surface area contributed by atoms with Crippen LogP contribution in [-0.4, -0.2) is 22.4 Å². The molecule has 0 radical (unpaired) electrons. The number of nitrogens with two attached hydrogens (primary N) is 1. The lowest BCUT2D eigenvalue weighted by Crippen LogP contribution is -2.20. The molecule has 1 rings (SSSR count). The minimum atomic E-state index is -5.10. The maximum atomic E-state index is 11.9. The molecule has 6 nitrogen and oxygen atoms in total. The first kappa shape index (κ1) is 12.6. The van der Waals surface area contributed by atoms with E-state index in [4.69, 9.17) is 16.1 Å². The predicted octanol–water partition coefficient (Wildman–Crippen LogP) is 1.13. The molecule has 3 N–H and O–H groups in total. The Balaban J connectivity index is 3.34. The maximum Gasteiger partial charge on any atom is 0.574 e. The van der Waals surface area contributed by atoms with Gasteiger partial charge >= 0.3 is 12.3 Å². The molecule has 9 heteroatoms. The standard InChI is InChI=1S/C8H4F3N3O3/c9-8(10,11)17-6-4(7(15)16)1-3(2-12)5(13)14-6/h1H,(H2,13,14)(H,15,16). The van der Waals surface area contributed by atoms with Gasteiger partial charge in [0.05, 0.1) is 5.56 Å². The molecule has 0 aliphatic rings. The molecule has 90 valence electrons. The van der Waals surface area contributed by atoms with Gasteiger partial charge in [-0.2, -0.15) is 10.2 Å². The highest BCUT2D eigenvalue weighted by atomic mass is 19.4. The number of hydrogen-bond donors (Lipinski definition) is 2. The molecular formula is C8H4F3N3O3. The zero-order valence-corrected chi connectivity index (χ0v) is 7.95. The zero-order valence-electron chi connectivity index (χ0n) is 7.95. The first-order chi connectivity index (χ1) is 7.74. The summed E-state index contributed by atoms with van der Waals surface area (Å²) in [5.41, 5.74) is 3.90. The zero-order chi connectivity index (χ0) is 13.2. The van der Waals surface area contributed by atoms with E-state index in [0.29, 0.717) is 6.07 Å². The van der Waals surface area contributed by atoms with Crippen LogP contribution in [0.2, 0.25) is 0 Å². The average molecular weight is 247 g/mol. The van der Waals surface area contributed by atoms with E-state index in [1.54, 1.807) is 0 Å². The van der Waals surface area contributed by atoms with Gasteiger partial charge in [0.2, 0.25) is 5.88 Å². The molecule has 0 atom stereocenters. The summed E-state index contributed by atoms with van der Waals surface area (Å²) in [6.07, 6.45) is -5.10. The Morgan fingerprint density at radius 3 is 2.59 bits per heavy atom. The number of nitriles is 1. The smallest absolute Gasteiger partial charge is 0.477 e. The molecule has 0 saturated heterocycles. The lowest BCUT2D eigenvalue weighted by Gasteiger charge is -2.11. The second-order valence-electron chi connectivity index (χ2n) is 2.74. The Labute approximate surface area is 92.0 Å². The number of carboxylic acids is 1. The number of hydrogen-bond acceptors (Lipinski definition) is 5. The van der Waals surface area contributed by atoms with E-state index in [9.17, 15) is 18.0 Å². The number of alkyl halides is 3. The van der Waals surface area contributed by atoms with Crippen molar-refractivity contribution < 1.29 is 27.8 Å². The Kier molecular flexibility index (Phi) is 3.08. The van der Waals surface area contributed by atoms with Crippen LogP contribution in [0, 0.1) is 11.3 Å². The van der Waals surface area contributed by atoms with Crippen LogP contribution in [0.1, 0.15) is 15.9 Å². The second-order valence-corrected chi connectivity index (χ2v) is 2.74. The van der Waals surface area contributed by atoms with Crippen molar-refractivity contribution in [2.45, 2.75) is 6.36 Å². The quantitative estimate of drug-likeness (QED) is 0.810. The number of aromatic nitrogens is 1. The Morgan fingerprint density at radius 2 is 2.18 bits per heavy atom. The molecule has 0 bridgehead atoms. The summed E-state index contributed by atoms with van der Waals surface area (Å²) in [7, 11) is 0. The lowest BCUT2D eigenvalue weighted by molar-refractivity contribution is -0.276. The van der Waals surface area contributed by atoms with Gasteiger partial charge in [0.1, 0.15) is 17.5 Å². The van der Waals surface area contributed by atoms with Crippen LogP contribution in [-0.2, 0) is 0 Å². The molecule has 0 unspecified atom stereocenters. The van der Waals surface area contributed by atoms with Gasteiger partial charge in [-0.15, -0.1) is 13.2 Å². The van der Waals surface area contributed by atoms with Crippen LogP contribution < -0.4 is 10.5 Å². The summed E-state index contributed by atoms with van der Waals surface area (Å²) < 4.78 is 39.2. The number of nitrogens with zero attached hydrogens (tertiary/aromatic N) is 2. The molecule has 0 aliphatic carbocycles. The molecule has 1 heterocycles. The fraction of sp³-hybridized carbons (Fsp3) is 0.125. The second kappa shape index (κ2) is 4.17. The van der Waals surface area contributed by atoms with E-state index < -0.39 is 29.6 Å². The summed E-state index contributed by atoms with van der Waals surface area (Å²) >= 11 is 0. The van der Waals surface area contributed by atoms with Crippen LogP contribution in [0.15, 0.2) is 6.07 Å². The van der Waals surface area contributed by atoms with Crippen molar-refractivity contribution in [1.82, 2.24) is 4.98 Å². The number of nitrogen functional groups attached to an aromatic ring is 1. The van der Waals surface area contributed by atoms with Crippen LogP contribution in [0.5, 0.6) is 5.88 Å². The van der Waals surface area contributed by atoms with Crippen LogP contribution in [0.4, 0.5) is 19.0 Å². The fourth-order valence-electron chi connectivity index (χ4n) is 0.940. The topological polar surface area (TPSA) is 109 Å². The highest BCUT2D eigenvalue weighted by Gasteiger charge is 2.34. The van der Waals surface area contributed by atoms with Crippen molar-refractivity contribution in [3.8, 4) is 11.9 Å². The van der Waals surface area contributed by atoms with Crippen LogP contribution in [0.25, 0.3) is 0 Å². The Morgan fingerprint density at radius 1 is 1.59 bits per heavy atom. The minimum absolute atomic E-state index is 0.350. The number of rotatable bonds is 2. The predicted molar refractivity (Wildman–Crippen MR) is 47.0 cm³/mol. The third kappa shape index (κ3) is 2.97. The molecule has 0 aromatic carbocycles. The lowest BCUT2D eigenvalue weighted by atomic mass is 10.2. The van der Waals surface area contributed by atoms with Gasteiger partial charge in [0.15, 0.2) is 0 Å². The molecular weight excluding hydrogens is 243 g/mol. The van der Waals surface area contributed by atoms with Gasteiger partial charge in [0, 0.05) is 0 Å². The minimum Gasteiger partial charge on any atom is -0.477 e. The van der Waals surface area contributed by atoms with Crippen molar-refractivity contribution in [1.29, 1.82) is 5.26 Å². The normalized spacial score (nSPS) is 10.7. The molecule has 0 spiro atoms. The van der Waals surface area contributed by atoms with E-state index >= 15 is 0 Å². The number of aromatic carboxylic acids is 1. The van der Waals surface area contributed by atoms with Crippen LogP contribution >= 0.6 is 0 Å². The molecule has 1 aromatic heterocycles. The maximum absolute atomic E-state index is 11.9. The number of pyridine rings is 1. The number of anilines is 1. The largest absolute Gasteiger partial charge is 0.574 e. The molecule has 0 fully saturated rings. The summed E-state index contributed by atoms with van der Waals surface area (Å²) in [5.74, 6) is -3.47.